The molecule has 0 saturated carbocycles. The lowest BCUT2D eigenvalue weighted by Crippen LogP contribution is -2.32. The molecule has 0 heterocycles. The van der Waals surface area contributed by atoms with Gasteiger partial charge in [-0.25, -0.2) is 5.43 Å². The monoisotopic (exact) mass is 349 g/mol. The number of hydrazone groups is 1. The zero-order valence-corrected chi connectivity index (χ0v) is 13.7. The third-order valence-corrected chi connectivity index (χ3v) is 3.50. The second-order valence-electron chi connectivity index (χ2n) is 4.63. The number of benzene rings is 2. The van der Waals surface area contributed by atoms with E-state index < -0.39 is 11.8 Å². The van der Waals surface area contributed by atoms with Crippen molar-refractivity contribution >= 4 is 46.9 Å². The van der Waals surface area contributed by atoms with Gasteiger partial charge in [0.05, 0.1) is 6.21 Å². The number of carbonyl (C=O) groups is 2. The molecule has 0 fully saturated rings. The zero-order valence-electron chi connectivity index (χ0n) is 12.1. The first-order valence-corrected chi connectivity index (χ1v) is 7.38. The molecule has 0 unspecified atom stereocenters. The molecule has 23 heavy (non-hydrogen) atoms. The van der Waals surface area contributed by atoms with E-state index in [9.17, 15) is 9.59 Å². The van der Waals surface area contributed by atoms with Gasteiger partial charge >= 0.3 is 11.8 Å². The van der Waals surface area contributed by atoms with Gasteiger partial charge in [-0.15, -0.1) is 0 Å². The molecule has 0 bridgehead atoms. The second kappa shape index (κ2) is 7.76. The standard InChI is InChI=1S/C16H13Cl2N3O2/c1-10-8-12(17)6-7-14(10)20-15(22)16(23)21-19-9-11-4-2-3-5-13(11)18/h2-9H,1H3,(H,20,22)(H,21,23). The number of hydrogen-bond acceptors (Lipinski definition) is 3. The molecule has 2 N–H and O–H groups in total. The summed E-state index contributed by atoms with van der Waals surface area (Å²) in [7, 11) is 0. The molecule has 2 aromatic rings. The molecule has 0 aromatic heterocycles. The minimum Gasteiger partial charge on any atom is -0.317 e. The Bertz CT molecular complexity index is 776. The SMILES string of the molecule is Cc1cc(Cl)ccc1NC(=O)C(=O)NN=Cc1ccccc1Cl. The lowest BCUT2D eigenvalue weighted by atomic mass is 10.2. The number of nitrogens with zero attached hydrogens (tertiary/aromatic N) is 1. The fourth-order valence-electron chi connectivity index (χ4n) is 1.74. The third kappa shape index (κ3) is 4.81. The molecule has 0 aliphatic rings. The molecule has 2 amide bonds. The lowest BCUT2D eigenvalue weighted by molar-refractivity contribution is -0.136. The van der Waals surface area contributed by atoms with E-state index in [2.05, 4.69) is 15.8 Å². The predicted octanol–water partition coefficient (Wildman–Crippen LogP) is 3.39. The number of halogens is 2. The Morgan fingerprint density at radius 1 is 1.09 bits per heavy atom. The second-order valence-corrected chi connectivity index (χ2v) is 5.48. The van der Waals surface area contributed by atoms with Crippen LogP contribution in [0, 0.1) is 6.92 Å². The molecule has 0 aliphatic carbocycles. The Hall–Kier alpha value is -2.37. The predicted molar refractivity (Wildman–Crippen MR) is 92.0 cm³/mol. The number of hydrogen-bond donors (Lipinski definition) is 2. The van der Waals surface area contributed by atoms with Gasteiger partial charge < -0.3 is 5.32 Å². The van der Waals surface area contributed by atoms with Crippen molar-refractivity contribution in [2.45, 2.75) is 6.92 Å². The van der Waals surface area contributed by atoms with Crippen molar-refractivity contribution in [1.29, 1.82) is 0 Å². The van der Waals surface area contributed by atoms with Gasteiger partial charge in [0, 0.05) is 21.3 Å². The van der Waals surface area contributed by atoms with Crippen LogP contribution in [0.1, 0.15) is 11.1 Å². The molecule has 0 atom stereocenters. The number of nitrogens with one attached hydrogen (secondary N) is 2. The number of amides is 2. The molecule has 0 radical (unpaired) electrons. The van der Waals surface area contributed by atoms with Crippen molar-refractivity contribution in [3.05, 3.63) is 63.6 Å². The summed E-state index contributed by atoms with van der Waals surface area (Å²) >= 11 is 11.8. The molecular formula is C16H13Cl2N3O2. The van der Waals surface area contributed by atoms with Crippen LogP contribution in [-0.2, 0) is 9.59 Å². The van der Waals surface area contributed by atoms with Gasteiger partial charge in [0.25, 0.3) is 0 Å². The molecule has 118 valence electrons. The summed E-state index contributed by atoms with van der Waals surface area (Å²) in [5.41, 5.74) is 4.02. The highest BCUT2D eigenvalue weighted by Crippen LogP contribution is 2.19. The number of anilines is 1. The average Bonchev–Trinajstić information content (AvgIpc) is 2.51. The van der Waals surface area contributed by atoms with E-state index in [1.165, 1.54) is 6.21 Å². The van der Waals surface area contributed by atoms with Crippen molar-refractivity contribution in [2.24, 2.45) is 5.10 Å². The van der Waals surface area contributed by atoms with Gasteiger partial charge in [-0.3, -0.25) is 9.59 Å². The Morgan fingerprint density at radius 3 is 2.52 bits per heavy atom. The van der Waals surface area contributed by atoms with E-state index >= 15 is 0 Å². The minimum absolute atomic E-state index is 0.492. The van der Waals surface area contributed by atoms with Crippen LogP contribution in [0.4, 0.5) is 5.69 Å². The van der Waals surface area contributed by atoms with Crippen LogP contribution < -0.4 is 10.7 Å². The van der Waals surface area contributed by atoms with E-state index in [-0.39, 0.29) is 0 Å². The normalized spacial score (nSPS) is 10.6. The summed E-state index contributed by atoms with van der Waals surface area (Å²) in [5.74, 6) is -1.71. The van der Waals surface area contributed by atoms with Crippen LogP contribution in [-0.4, -0.2) is 18.0 Å². The van der Waals surface area contributed by atoms with E-state index in [1.54, 1.807) is 49.4 Å². The van der Waals surface area contributed by atoms with E-state index in [0.29, 0.717) is 21.3 Å². The first-order valence-electron chi connectivity index (χ1n) is 6.62. The first kappa shape index (κ1) is 17.0. The van der Waals surface area contributed by atoms with Gasteiger partial charge in [0.15, 0.2) is 0 Å². The van der Waals surface area contributed by atoms with Crippen molar-refractivity contribution in [1.82, 2.24) is 5.43 Å². The maximum atomic E-state index is 11.8. The summed E-state index contributed by atoms with van der Waals surface area (Å²) in [4.78, 5) is 23.5. The fraction of sp³-hybridized carbons (Fsp3) is 0.0625. The molecule has 0 aliphatic heterocycles. The van der Waals surface area contributed by atoms with Crippen molar-refractivity contribution in [2.75, 3.05) is 5.32 Å². The quantitative estimate of drug-likeness (QED) is 0.506. The van der Waals surface area contributed by atoms with Crippen LogP contribution in [0.25, 0.3) is 0 Å². The van der Waals surface area contributed by atoms with Gasteiger partial charge in [0.1, 0.15) is 0 Å². The van der Waals surface area contributed by atoms with Crippen LogP contribution in [0.15, 0.2) is 47.6 Å². The highest BCUT2D eigenvalue weighted by atomic mass is 35.5. The number of carbonyl (C=O) groups excluding carboxylic acids is 2. The Kier molecular flexibility index (Phi) is 5.73. The molecule has 7 heteroatoms. The fourth-order valence-corrected chi connectivity index (χ4v) is 2.15. The Balaban J connectivity index is 1.95. The summed E-state index contributed by atoms with van der Waals surface area (Å²) in [6, 6.07) is 11.9. The van der Waals surface area contributed by atoms with Crippen LogP contribution >= 0.6 is 23.2 Å². The van der Waals surface area contributed by atoms with Crippen molar-refractivity contribution in [3.8, 4) is 0 Å². The van der Waals surface area contributed by atoms with Gasteiger partial charge in [-0.1, -0.05) is 41.4 Å². The summed E-state index contributed by atoms with van der Waals surface area (Å²) < 4.78 is 0. The number of rotatable bonds is 3. The minimum atomic E-state index is -0.886. The largest absolute Gasteiger partial charge is 0.329 e. The van der Waals surface area contributed by atoms with E-state index in [4.69, 9.17) is 23.2 Å². The Labute approximate surface area is 143 Å². The van der Waals surface area contributed by atoms with Gasteiger partial charge in [-0.05, 0) is 36.8 Å². The smallest absolute Gasteiger partial charge is 0.317 e. The maximum absolute atomic E-state index is 11.8. The molecule has 2 aromatic carbocycles. The van der Waals surface area contributed by atoms with Crippen molar-refractivity contribution in [3.63, 3.8) is 0 Å². The van der Waals surface area contributed by atoms with Crippen LogP contribution in [0.5, 0.6) is 0 Å². The molecular weight excluding hydrogens is 337 g/mol. The molecule has 0 saturated heterocycles. The van der Waals surface area contributed by atoms with E-state index in [0.717, 1.165) is 5.56 Å². The topological polar surface area (TPSA) is 70.6 Å². The van der Waals surface area contributed by atoms with E-state index in [1.807, 2.05) is 0 Å². The highest BCUT2D eigenvalue weighted by molar-refractivity contribution is 6.39. The van der Waals surface area contributed by atoms with Gasteiger partial charge in [0.2, 0.25) is 0 Å². The van der Waals surface area contributed by atoms with Crippen LogP contribution in [0.2, 0.25) is 10.0 Å². The highest BCUT2D eigenvalue weighted by Gasteiger charge is 2.14. The maximum Gasteiger partial charge on any atom is 0.329 e. The summed E-state index contributed by atoms with van der Waals surface area (Å²) in [5, 5.41) is 7.24. The summed E-state index contributed by atoms with van der Waals surface area (Å²) in [6.45, 7) is 1.77. The number of aryl methyl sites for hydroxylation is 1. The molecule has 2 rings (SSSR count). The summed E-state index contributed by atoms with van der Waals surface area (Å²) in [6.07, 6.45) is 1.36. The third-order valence-electron chi connectivity index (χ3n) is 2.92. The van der Waals surface area contributed by atoms with Gasteiger partial charge in [-0.2, -0.15) is 5.10 Å². The first-order chi connectivity index (χ1) is 11.0. The molecule has 5 nitrogen and oxygen atoms in total. The molecule has 0 spiro atoms. The van der Waals surface area contributed by atoms with Crippen molar-refractivity contribution < 1.29 is 9.59 Å². The average molecular weight is 350 g/mol. The Morgan fingerprint density at radius 2 is 1.83 bits per heavy atom. The van der Waals surface area contributed by atoms with Crippen LogP contribution in [0.3, 0.4) is 0 Å². The lowest BCUT2D eigenvalue weighted by Gasteiger charge is -2.07. The zero-order chi connectivity index (χ0) is 16.8.